The molecule has 1 aromatic carbocycles. The normalized spacial score (nSPS) is 10.7. The maximum absolute atomic E-state index is 11.6. The third-order valence-corrected chi connectivity index (χ3v) is 3.22. The number of hydrogen-bond acceptors (Lipinski definition) is 2. The molecule has 0 aromatic heterocycles. The smallest absolute Gasteiger partial charge is 0.262 e. The number of carbonyl (C=O) groups is 1. The van der Waals surface area contributed by atoms with E-state index >= 15 is 0 Å². The molecule has 0 atom stereocenters. The van der Waals surface area contributed by atoms with Crippen molar-refractivity contribution in [3.8, 4) is 0 Å². The van der Waals surface area contributed by atoms with E-state index in [4.69, 9.17) is 23.8 Å². The average Bonchev–Trinajstić information content (AvgIpc) is 2.44. The second-order valence-corrected chi connectivity index (χ2v) is 5.72. The molecule has 1 amide bonds. The average molecular weight is 326 g/mol. The van der Waals surface area contributed by atoms with Gasteiger partial charge in [-0.2, -0.15) is 0 Å². The van der Waals surface area contributed by atoms with Gasteiger partial charge in [0.2, 0.25) is 0 Å². The largest absolute Gasteiger partial charge is 0.361 e. The molecule has 1 aromatic rings. The number of thiocarbonyl (C=S) groups is 1. The number of hydrogen-bond donors (Lipinski definition) is 3. The van der Waals surface area contributed by atoms with Crippen molar-refractivity contribution < 1.29 is 4.79 Å². The van der Waals surface area contributed by atoms with Crippen molar-refractivity contribution in [1.82, 2.24) is 16.2 Å². The number of hydrazine groups is 1. The topological polar surface area (TPSA) is 53.2 Å². The second-order valence-electron chi connectivity index (χ2n) is 4.91. The van der Waals surface area contributed by atoms with Crippen molar-refractivity contribution in [2.24, 2.45) is 5.92 Å². The summed E-state index contributed by atoms with van der Waals surface area (Å²) in [6.07, 6.45) is 4.06. The molecule has 0 bridgehead atoms. The van der Waals surface area contributed by atoms with Gasteiger partial charge in [-0.05, 0) is 42.3 Å². The Bertz CT molecular complexity index is 517. The van der Waals surface area contributed by atoms with Gasteiger partial charge < -0.3 is 5.32 Å². The van der Waals surface area contributed by atoms with Crippen LogP contribution in [0.2, 0.25) is 5.02 Å². The van der Waals surface area contributed by atoms with E-state index in [0.29, 0.717) is 16.1 Å². The molecule has 6 heteroatoms. The minimum Gasteiger partial charge on any atom is -0.361 e. The first-order chi connectivity index (χ1) is 9.99. The van der Waals surface area contributed by atoms with Crippen LogP contribution in [0.1, 0.15) is 25.8 Å². The van der Waals surface area contributed by atoms with Gasteiger partial charge in [0.15, 0.2) is 5.11 Å². The highest BCUT2D eigenvalue weighted by atomic mass is 35.5. The molecule has 4 nitrogen and oxygen atoms in total. The number of carbonyl (C=O) groups excluding carboxylic acids is 1. The monoisotopic (exact) mass is 325 g/mol. The van der Waals surface area contributed by atoms with Crippen molar-refractivity contribution >= 4 is 40.9 Å². The molecule has 0 spiro atoms. The van der Waals surface area contributed by atoms with Crippen LogP contribution in [0.3, 0.4) is 0 Å². The molecule has 114 valence electrons. The van der Waals surface area contributed by atoms with Crippen molar-refractivity contribution in [3.05, 3.63) is 40.9 Å². The van der Waals surface area contributed by atoms with E-state index in [0.717, 1.165) is 18.5 Å². The lowest BCUT2D eigenvalue weighted by Crippen LogP contribution is -2.46. The molecular formula is C15H20ClN3OS. The summed E-state index contributed by atoms with van der Waals surface area (Å²) < 4.78 is 0. The Morgan fingerprint density at radius 3 is 2.71 bits per heavy atom. The summed E-state index contributed by atoms with van der Waals surface area (Å²) in [4.78, 5) is 11.6. The molecule has 0 aliphatic rings. The Kier molecular flexibility index (Phi) is 7.79. The first-order valence-electron chi connectivity index (χ1n) is 6.75. The van der Waals surface area contributed by atoms with Crippen LogP contribution in [0.5, 0.6) is 0 Å². The Labute approximate surface area is 135 Å². The van der Waals surface area contributed by atoms with Crippen LogP contribution in [0, 0.1) is 5.92 Å². The molecular weight excluding hydrogens is 306 g/mol. The standard InChI is InChI=1S/C15H20ClN3OS/c1-11(2)9-10-17-15(21)19-18-14(20)8-7-12-5-3-4-6-13(12)16/h3-8,11H,9-10H2,1-2H3,(H,18,20)(H2,17,19,21)/b8-7+. The molecule has 0 fully saturated rings. The maximum atomic E-state index is 11.6. The van der Waals surface area contributed by atoms with Gasteiger partial charge in [0.25, 0.3) is 5.91 Å². The predicted molar refractivity (Wildman–Crippen MR) is 91.8 cm³/mol. The van der Waals surface area contributed by atoms with E-state index < -0.39 is 0 Å². The number of amides is 1. The zero-order chi connectivity index (χ0) is 15.7. The van der Waals surface area contributed by atoms with E-state index in [1.54, 1.807) is 12.1 Å². The first kappa shape index (κ1) is 17.5. The molecule has 0 saturated heterocycles. The fourth-order valence-electron chi connectivity index (χ4n) is 1.45. The highest BCUT2D eigenvalue weighted by Gasteiger charge is 2.00. The Morgan fingerprint density at radius 2 is 2.05 bits per heavy atom. The molecule has 3 N–H and O–H groups in total. The summed E-state index contributed by atoms with van der Waals surface area (Å²) in [5, 5.41) is 4.01. The lowest BCUT2D eigenvalue weighted by atomic mass is 10.1. The summed E-state index contributed by atoms with van der Waals surface area (Å²) in [6, 6.07) is 7.29. The fourth-order valence-corrected chi connectivity index (χ4v) is 1.81. The van der Waals surface area contributed by atoms with Crippen molar-refractivity contribution in [2.45, 2.75) is 20.3 Å². The second kappa shape index (κ2) is 9.37. The van der Waals surface area contributed by atoms with Crippen LogP contribution in [0.4, 0.5) is 0 Å². The summed E-state index contributed by atoms with van der Waals surface area (Å²) in [6.45, 7) is 5.05. The molecule has 0 aliphatic carbocycles. The molecule has 0 radical (unpaired) electrons. The van der Waals surface area contributed by atoms with Gasteiger partial charge in [-0.1, -0.05) is 43.6 Å². The van der Waals surface area contributed by atoms with E-state index in [1.807, 2.05) is 18.2 Å². The minimum absolute atomic E-state index is 0.303. The molecule has 0 heterocycles. The molecule has 1 rings (SSSR count). The SMILES string of the molecule is CC(C)CCNC(=S)NNC(=O)/C=C/c1ccccc1Cl. The predicted octanol–water partition coefficient (Wildman–Crippen LogP) is 2.89. The summed E-state index contributed by atoms with van der Waals surface area (Å²) in [5.41, 5.74) is 5.92. The highest BCUT2D eigenvalue weighted by Crippen LogP contribution is 2.15. The lowest BCUT2D eigenvalue weighted by Gasteiger charge is -2.11. The highest BCUT2D eigenvalue weighted by molar-refractivity contribution is 7.80. The van der Waals surface area contributed by atoms with Crippen LogP contribution < -0.4 is 16.2 Å². The van der Waals surface area contributed by atoms with Crippen molar-refractivity contribution in [1.29, 1.82) is 0 Å². The van der Waals surface area contributed by atoms with Gasteiger partial charge in [0.1, 0.15) is 0 Å². The quantitative estimate of drug-likeness (QED) is 0.442. The van der Waals surface area contributed by atoms with Crippen LogP contribution in [-0.4, -0.2) is 17.6 Å². The number of rotatable bonds is 5. The van der Waals surface area contributed by atoms with E-state index in [2.05, 4.69) is 30.0 Å². The first-order valence-corrected chi connectivity index (χ1v) is 7.54. The zero-order valence-electron chi connectivity index (χ0n) is 12.2. The maximum Gasteiger partial charge on any atom is 0.262 e. The van der Waals surface area contributed by atoms with Crippen LogP contribution in [0.15, 0.2) is 30.3 Å². The van der Waals surface area contributed by atoms with Crippen LogP contribution in [-0.2, 0) is 4.79 Å². The molecule has 0 saturated carbocycles. The van der Waals surface area contributed by atoms with Gasteiger partial charge in [0.05, 0.1) is 0 Å². The third kappa shape index (κ3) is 7.68. The third-order valence-electron chi connectivity index (χ3n) is 2.63. The van der Waals surface area contributed by atoms with Gasteiger partial charge in [0, 0.05) is 17.6 Å². The summed E-state index contributed by atoms with van der Waals surface area (Å²) in [7, 11) is 0. The molecule has 0 unspecified atom stereocenters. The number of nitrogens with one attached hydrogen (secondary N) is 3. The van der Waals surface area contributed by atoms with E-state index in [-0.39, 0.29) is 5.91 Å². The van der Waals surface area contributed by atoms with E-state index in [9.17, 15) is 4.79 Å². The van der Waals surface area contributed by atoms with Crippen molar-refractivity contribution in [3.63, 3.8) is 0 Å². The van der Waals surface area contributed by atoms with Crippen LogP contribution >= 0.6 is 23.8 Å². The summed E-state index contributed by atoms with van der Waals surface area (Å²) >= 11 is 11.0. The number of halogens is 1. The van der Waals surface area contributed by atoms with Gasteiger partial charge in [-0.3, -0.25) is 15.6 Å². The van der Waals surface area contributed by atoms with Gasteiger partial charge >= 0.3 is 0 Å². The fraction of sp³-hybridized carbons (Fsp3) is 0.333. The molecule has 0 aliphatic heterocycles. The van der Waals surface area contributed by atoms with E-state index in [1.165, 1.54) is 6.08 Å². The number of benzene rings is 1. The zero-order valence-corrected chi connectivity index (χ0v) is 13.7. The minimum atomic E-state index is -0.303. The van der Waals surface area contributed by atoms with Gasteiger partial charge in [-0.15, -0.1) is 0 Å². The Balaban J connectivity index is 2.31. The molecule has 21 heavy (non-hydrogen) atoms. The summed E-state index contributed by atoms with van der Waals surface area (Å²) in [5.74, 6) is 0.302. The van der Waals surface area contributed by atoms with Crippen molar-refractivity contribution in [2.75, 3.05) is 6.54 Å². The van der Waals surface area contributed by atoms with Crippen LogP contribution in [0.25, 0.3) is 6.08 Å². The Hall–Kier alpha value is -1.59. The lowest BCUT2D eigenvalue weighted by molar-refractivity contribution is -0.116. The van der Waals surface area contributed by atoms with Gasteiger partial charge in [-0.25, -0.2) is 0 Å². The Morgan fingerprint density at radius 1 is 1.33 bits per heavy atom.